The second-order valence-electron chi connectivity index (χ2n) is 6.09. The van der Waals surface area contributed by atoms with Crippen molar-refractivity contribution >= 4 is 11.9 Å². The summed E-state index contributed by atoms with van der Waals surface area (Å²) >= 11 is 0. The second-order valence-corrected chi connectivity index (χ2v) is 6.09. The van der Waals surface area contributed by atoms with Crippen LogP contribution in [0.3, 0.4) is 0 Å². The molecule has 2 aromatic carbocycles. The van der Waals surface area contributed by atoms with Crippen molar-refractivity contribution in [3.8, 4) is 16.9 Å². The van der Waals surface area contributed by atoms with E-state index in [9.17, 15) is 14.7 Å². The first-order valence-corrected chi connectivity index (χ1v) is 8.28. The van der Waals surface area contributed by atoms with Gasteiger partial charge in [-0.3, -0.25) is 4.79 Å². The van der Waals surface area contributed by atoms with Gasteiger partial charge >= 0.3 is 5.97 Å². The number of carboxylic acid groups (broad SMARTS) is 1. The molecule has 0 bridgehead atoms. The van der Waals surface area contributed by atoms with E-state index in [1.54, 1.807) is 6.07 Å². The van der Waals surface area contributed by atoms with Gasteiger partial charge in [0.1, 0.15) is 11.3 Å². The van der Waals surface area contributed by atoms with E-state index < -0.39 is 17.4 Å². The number of benzene rings is 2. The molecule has 2 N–H and O–H groups in total. The Morgan fingerprint density at radius 2 is 1.72 bits per heavy atom. The zero-order valence-electron chi connectivity index (χ0n) is 14.5. The Labute approximate surface area is 147 Å². The highest BCUT2D eigenvalue weighted by Gasteiger charge is 2.33. The normalized spacial score (nSPS) is 12.9. The van der Waals surface area contributed by atoms with Crippen LogP contribution in [0.1, 0.15) is 26.7 Å². The lowest BCUT2D eigenvalue weighted by Gasteiger charge is -2.25. The van der Waals surface area contributed by atoms with E-state index in [4.69, 9.17) is 4.74 Å². The molecule has 1 atom stereocenters. The predicted octanol–water partition coefficient (Wildman–Crippen LogP) is 3.49. The Hall–Kier alpha value is -2.82. The smallest absolute Gasteiger partial charge is 0.329 e. The van der Waals surface area contributed by atoms with Crippen molar-refractivity contribution in [1.82, 2.24) is 5.32 Å². The first kappa shape index (κ1) is 18.5. The van der Waals surface area contributed by atoms with E-state index in [-0.39, 0.29) is 6.61 Å². The maximum Gasteiger partial charge on any atom is 0.329 e. The van der Waals surface area contributed by atoms with E-state index in [1.807, 2.05) is 55.5 Å². The van der Waals surface area contributed by atoms with Crippen LogP contribution in [0.15, 0.2) is 54.6 Å². The Morgan fingerprint density at radius 1 is 1.08 bits per heavy atom. The van der Waals surface area contributed by atoms with Crippen molar-refractivity contribution in [1.29, 1.82) is 0 Å². The number of rotatable bonds is 8. The largest absolute Gasteiger partial charge is 0.483 e. The molecule has 1 unspecified atom stereocenters. The molecule has 0 saturated heterocycles. The van der Waals surface area contributed by atoms with Crippen molar-refractivity contribution in [2.75, 3.05) is 6.61 Å². The molecule has 0 heterocycles. The lowest BCUT2D eigenvalue weighted by molar-refractivity contribution is -0.147. The van der Waals surface area contributed by atoms with Crippen LogP contribution in [-0.2, 0) is 9.59 Å². The number of ether oxygens (including phenoxy) is 1. The highest BCUT2D eigenvalue weighted by atomic mass is 16.5. The molecule has 0 aliphatic rings. The summed E-state index contributed by atoms with van der Waals surface area (Å²) in [7, 11) is 0. The number of aliphatic carboxylic acids is 1. The van der Waals surface area contributed by atoms with E-state index in [2.05, 4.69) is 5.32 Å². The molecule has 0 spiro atoms. The van der Waals surface area contributed by atoms with Crippen LogP contribution in [0.5, 0.6) is 5.75 Å². The molecular weight excluding hydrogens is 318 g/mol. The average Bonchev–Trinajstić information content (AvgIpc) is 2.61. The summed E-state index contributed by atoms with van der Waals surface area (Å²) in [5.74, 6) is -0.926. The van der Waals surface area contributed by atoms with Gasteiger partial charge in [-0.1, -0.05) is 61.9 Å². The minimum Gasteiger partial charge on any atom is -0.483 e. The van der Waals surface area contributed by atoms with Crippen LogP contribution in [0, 0.1) is 0 Å². The molecule has 132 valence electrons. The summed E-state index contributed by atoms with van der Waals surface area (Å²) < 4.78 is 5.65. The third-order valence-corrected chi connectivity index (χ3v) is 3.97. The molecule has 0 fully saturated rings. The predicted molar refractivity (Wildman–Crippen MR) is 96.5 cm³/mol. The second kappa shape index (κ2) is 8.33. The number of para-hydroxylation sites is 1. The lowest BCUT2D eigenvalue weighted by atomic mass is 9.96. The van der Waals surface area contributed by atoms with Crippen LogP contribution in [0.4, 0.5) is 0 Å². The number of nitrogens with one attached hydrogen (secondary N) is 1. The number of carbonyl (C=O) groups is 2. The lowest BCUT2D eigenvalue weighted by Crippen LogP contribution is -2.53. The Morgan fingerprint density at radius 3 is 2.36 bits per heavy atom. The molecule has 0 aromatic heterocycles. The van der Waals surface area contributed by atoms with Gasteiger partial charge in [-0.25, -0.2) is 4.79 Å². The summed E-state index contributed by atoms with van der Waals surface area (Å²) in [6.07, 6.45) is 1.01. The first-order valence-electron chi connectivity index (χ1n) is 8.28. The minimum atomic E-state index is -1.28. The zero-order chi connectivity index (χ0) is 18.3. The maximum atomic E-state index is 12.2. The third-order valence-electron chi connectivity index (χ3n) is 3.97. The van der Waals surface area contributed by atoms with Crippen LogP contribution < -0.4 is 10.1 Å². The zero-order valence-corrected chi connectivity index (χ0v) is 14.5. The van der Waals surface area contributed by atoms with Gasteiger partial charge in [0.05, 0.1) is 0 Å². The summed E-state index contributed by atoms with van der Waals surface area (Å²) in [6.45, 7) is 3.14. The summed E-state index contributed by atoms with van der Waals surface area (Å²) in [6, 6.07) is 17.2. The quantitative estimate of drug-likeness (QED) is 0.771. The van der Waals surface area contributed by atoms with Crippen molar-refractivity contribution in [3.63, 3.8) is 0 Å². The number of hydrogen-bond donors (Lipinski definition) is 2. The van der Waals surface area contributed by atoms with Crippen LogP contribution in [0.2, 0.25) is 0 Å². The fourth-order valence-electron chi connectivity index (χ4n) is 2.66. The van der Waals surface area contributed by atoms with Gasteiger partial charge < -0.3 is 15.2 Å². The van der Waals surface area contributed by atoms with E-state index >= 15 is 0 Å². The summed E-state index contributed by atoms with van der Waals surface area (Å²) in [5, 5.41) is 11.9. The monoisotopic (exact) mass is 341 g/mol. The van der Waals surface area contributed by atoms with Gasteiger partial charge in [0.2, 0.25) is 0 Å². The third kappa shape index (κ3) is 4.83. The van der Waals surface area contributed by atoms with Crippen molar-refractivity contribution in [3.05, 3.63) is 54.6 Å². The summed E-state index contributed by atoms with van der Waals surface area (Å²) in [5.41, 5.74) is 0.582. The summed E-state index contributed by atoms with van der Waals surface area (Å²) in [4.78, 5) is 23.6. The molecule has 0 aliphatic carbocycles. The van der Waals surface area contributed by atoms with Crippen molar-refractivity contribution < 1.29 is 19.4 Å². The van der Waals surface area contributed by atoms with Crippen LogP contribution in [-0.4, -0.2) is 29.1 Å². The molecule has 5 nitrogen and oxygen atoms in total. The first-order chi connectivity index (χ1) is 12.0. The molecule has 25 heavy (non-hydrogen) atoms. The number of carbonyl (C=O) groups excluding carboxylic acids is 1. The van der Waals surface area contributed by atoms with Gasteiger partial charge in [-0.15, -0.1) is 0 Å². The molecule has 2 rings (SSSR count). The number of amides is 1. The van der Waals surface area contributed by atoms with Gasteiger partial charge in [0.25, 0.3) is 5.91 Å². The Balaban J connectivity index is 2.07. The average molecular weight is 341 g/mol. The standard InChI is InChI=1S/C20H23NO4/c1-3-13-20(2,19(23)24)21-18(22)14-25-17-12-8-7-11-16(17)15-9-5-4-6-10-15/h4-12H,3,13-14H2,1-2H3,(H,21,22)(H,23,24). The SMILES string of the molecule is CCCC(C)(NC(=O)COc1ccccc1-c1ccccc1)C(=O)O. The number of hydrogen-bond acceptors (Lipinski definition) is 3. The fraction of sp³-hybridized carbons (Fsp3) is 0.300. The molecule has 0 saturated carbocycles. The number of carboxylic acids is 1. The van der Waals surface area contributed by atoms with E-state index in [0.717, 1.165) is 11.1 Å². The highest BCUT2D eigenvalue weighted by Crippen LogP contribution is 2.29. The van der Waals surface area contributed by atoms with Crippen LogP contribution in [0.25, 0.3) is 11.1 Å². The van der Waals surface area contributed by atoms with Crippen molar-refractivity contribution in [2.45, 2.75) is 32.2 Å². The highest BCUT2D eigenvalue weighted by molar-refractivity contribution is 5.87. The molecule has 2 aromatic rings. The molecular formula is C20H23NO4. The van der Waals surface area contributed by atoms with Gasteiger partial charge in [0.15, 0.2) is 6.61 Å². The van der Waals surface area contributed by atoms with E-state index in [1.165, 1.54) is 6.92 Å². The molecule has 1 amide bonds. The minimum absolute atomic E-state index is 0.240. The van der Waals surface area contributed by atoms with Gasteiger partial charge in [-0.2, -0.15) is 0 Å². The molecule has 0 aliphatic heterocycles. The van der Waals surface area contributed by atoms with Gasteiger partial charge in [-0.05, 0) is 25.0 Å². The molecule has 5 heteroatoms. The van der Waals surface area contributed by atoms with Crippen LogP contribution >= 0.6 is 0 Å². The topological polar surface area (TPSA) is 75.6 Å². The molecule has 0 radical (unpaired) electrons. The van der Waals surface area contributed by atoms with Crippen molar-refractivity contribution in [2.24, 2.45) is 0 Å². The Bertz CT molecular complexity index is 729. The van der Waals surface area contributed by atoms with Gasteiger partial charge in [0, 0.05) is 5.56 Å². The fourth-order valence-corrected chi connectivity index (χ4v) is 2.66. The maximum absolute atomic E-state index is 12.2. The van der Waals surface area contributed by atoms with E-state index in [0.29, 0.717) is 18.6 Å². The Kier molecular flexibility index (Phi) is 6.17.